The van der Waals surface area contributed by atoms with Gasteiger partial charge in [0.25, 0.3) is 0 Å². The van der Waals surface area contributed by atoms with E-state index < -0.39 is 0 Å². The Balaban J connectivity index is 1.98. The fourth-order valence-electron chi connectivity index (χ4n) is 2.96. The van der Waals surface area contributed by atoms with E-state index in [4.69, 9.17) is 27.2 Å². The summed E-state index contributed by atoms with van der Waals surface area (Å²) in [5, 5.41) is 0.785. The van der Waals surface area contributed by atoms with Gasteiger partial charge in [-0.2, -0.15) is 4.98 Å². The molecule has 1 aliphatic heterocycles. The van der Waals surface area contributed by atoms with Crippen LogP contribution in [0.4, 0.5) is 0 Å². The highest BCUT2D eigenvalue weighted by Crippen LogP contribution is 2.35. The third-order valence-corrected chi connectivity index (χ3v) is 4.57. The van der Waals surface area contributed by atoms with Crippen LogP contribution in [0.2, 0.25) is 0 Å². The summed E-state index contributed by atoms with van der Waals surface area (Å²) in [4.78, 5) is 4.61. The summed E-state index contributed by atoms with van der Waals surface area (Å²) in [5.41, 5.74) is 2.15. The number of benzene rings is 1. The number of rotatable bonds is 1. The molecule has 0 radical (unpaired) electrons. The Labute approximate surface area is 138 Å². The van der Waals surface area contributed by atoms with Crippen LogP contribution in [0.25, 0.3) is 22.5 Å². The highest BCUT2D eigenvalue weighted by molar-refractivity contribution is 7.71. The molecule has 5 nitrogen and oxygen atoms in total. The number of nitrogens with zero attached hydrogens (tertiary/aromatic N) is 2. The molecule has 0 aliphatic carbocycles. The van der Waals surface area contributed by atoms with Crippen LogP contribution in [0, 0.1) is 4.64 Å². The molecule has 23 heavy (non-hydrogen) atoms. The van der Waals surface area contributed by atoms with Gasteiger partial charge in [-0.05, 0) is 13.8 Å². The fraction of sp³-hybridized carbons (Fsp3) is 0.294. The number of nitrogen functional groups attached to an aromatic ring is 1. The second-order valence-corrected chi connectivity index (χ2v) is 6.77. The molecular formula is C17H17N3O2S. The van der Waals surface area contributed by atoms with Crippen LogP contribution in [0.15, 0.2) is 34.7 Å². The summed E-state index contributed by atoms with van der Waals surface area (Å²) in [6.45, 7) is 4.55. The van der Waals surface area contributed by atoms with Gasteiger partial charge in [0.1, 0.15) is 10.4 Å². The van der Waals surface area contributed by atoms with Crippen molar-refractivity contribution < 1.29 is 9.15 Å². The van der Waals surface area contributed by atoms with Crippen molar-refractivity contribution in [3.63, 3.8) is 0 Å². The minimum Gasteiger partial charge on any atom is -0.442 e. The van der Waals surface area contributed by atoms with E-state index in [1.54, 1.807) is 0 Å². The van der Waals surface area contributed by atoms with Crippen LogP contribution in [0.3, 0.4) is 0 Å². The second-order valence-electron chi connectivity index (χ2n) is 6.39. The first kappa shape index (κ1) is 14.4. The summed E-state index contributed by atoms with van der Waals surface area (Å²) in [6.07, 6.45) is 0.693. The van der Waals surface area contributed by atoms with Crippen molar-refractivity contribution in [2.75, 3.05) is 5.84 Å². The minimum atomic E-state index is -0.247. The summed E-state index contributed by atoms with van der Waals surface area (Å²) in [6, 6.07) is 9.72. The molecule has 2 aromatic heterocycles. The lowest BCUT2D eigenvalue weighted by Crippen LogP contribution is -2.31. The standard InChI is InChI=1S/C17H17N3O2S/c1-17(2)8-12-11(9-21-17)13-15(22-12)19-14(20(18)16(13)23)10-6-4-3-5-7-10/h3-7H,8-9,18H2,1-2H3. The third-order valence-electron chi connectivity index (χ3n) is 4.17. The van der Waals surface area contributed by atoms with Crippen LogP contribution < -0.4 is 5.84 Å². The average Bonchev–Trinajstić information content (AvgIpc) is 2.87. The van der Waals surface area contributed by atoms with Crippen LogP contribution in [-0.2, 0) is 17.8 Å². The molecular weight excluding hydrogens is 310 g/mol. The molecule has 0 amide bonds. The molecule has 1 aliphatic rings. The molecule has 3 heterocycles. The van der Waals surface area contributed by atoms with Crippen molar-refractivity contribution in [3.8, 4) is 11.4 Å². The van der Waals surface area contributed by atoms with Gasteiger partial charge in [-0.3, -0.25) is 0 Å². The third kappa shape index (κ3) is 2.26. The van der Waals surface area contributed by atoms with E-state index in [0.29, 0.717) is 29.2 Å². The van der Waals surface area contributed by atoms with Crippen LogP contribution in [0.1, 0.15) is 25.2 Å². The van der Waals surface area contributed by atoms with Gasteiger partial charge in [0, 0.05) is 17.5 Å². The zero-order chi connectivity index (χ0) is 16.2. The summed E-state index contributed by atoms with van der Waals surface area (Å²) in [7, 11) is 0. The highest BCUT2D eigenvalue weighted by Gasteiger charge is 2.31. The molecule has 2 N–H and O–H groups in total. The lowest BCUT2D eigenvalue weighted by atomic mass is 9.97. The van der Waals surface area contributed by atoms with Gasteiger partial charge in [0.05, 0.1) is 17.6 Å². The predicted octanol–water partition coefficient (Wildman–Crippen LogP) is 3.59. The topological polar surface area (TPSA) is 66.2 Å². The monoisotopic (exact) mass is 327 g/mol. The van der Waals surface area contributed by atoms with E-state index in [9.17, 15) is 0 Å². The summed E-state index contributed by atoms with van der Waals surface area (Å²) >= 11 is 5.56. The Bertz CT molecular complexity index is 957. The lowest BCUT2D eigenvalue weighted by Gasteiger charge is -2.28. The zero-order valence-electron chi connectivity index (χ0n) is 13.0. The number of nitrogens with two attached hydrogens (primary N) is 1. The maximum Gasteiger partial charge on any atom is 0.231 e. The van der Waals surface area contributed by atoms with Crippen LogP contribution in [-0.4, -0.2) is 15.3 Å². The fourth-order valence-corrected chi connectivity index (χ4v) is 3.25. The second kappa shape index (κ2) is 4.91. The van der Waals surface area contributed by atoms with Gasteiger partial charge in [-0.15, -0.1) is 0 Å². The van der Waals surface area contributed by atoms with Crippen molar-refractivity contribution >= 4 is 23.3 Å². The quantitative estimate of drug-likeness (QED) is 0.546. The van der Waals surface area contributed by atoms with E-state index in [-0.39, 0.29) is 5.60 Å². The molecule has 0 saturated carbocycles. The Hall–Kier alpha value is -2.18. The van der Waals surface area contributed by atoms with E-state index in [0.717, 1.165) is 22.3 Å². The van der Waals surface area contributed by atoms with Crippen LogP contribution >= 0.6 is 12.2 Å². The molecule has 0 unspecified atom stereocenters. The lowest BCUT2D eigenvalue weighted by molar-refractivity contribution is -0.0440. The van der Waals surface area contributed by atoms with E-state index in [1.807, 2.05) is 44.2 Å². The highest BCUT2D eigenvalue weighted by atomic mass is 32.1. The molecule has 4 rings (SSSR count). The molecule has 0 atom stereocenters. The molecule has 6 heteroatoms. The largest absolute Gasteiger partial charge is 0.442 e. The van der Waals surface area contributed by atoms with E-state index in [1.165, 1.54) is 4.68 Å². The van der Waals surface area contributed by atoms with Crippen molar-refractivity contribution in [1.82, 2.24) is 9.66 Å². The van der Waals surface area contributed by atoms with E-state index in [2.05, 4.69) is 4.98 Å². The van der Waals surface area contributed by atoms with Gasteiger partial charge < -0.3 is 15.0 Å². The molecule has 1 aromatic carbocycles. The maximum absolute atomic E-state index is 6.19. The normalized spacial score (nSPS) is 16.4. The number of fused-ring (bicyclic) bond motifs is 3. The van der Waals surface area contributed by atoms with Crippen LogP contribution in [0.5, 0.6) is 0 Å². The predicted molar refractivity (Wildman–Crippen MR) is 91.0 cm³/mol. The Morgan fingerprint density at radius 2 is 2.00 bits per heavy atom. The van der Waals surface area contributed by atoms with Gasteiger partial charge in [0.15, 0.2) is 5.82 Å². The molecule has 0 bridgehead atoms. The molecule has 0 spiro atoms. The first-order valence-corrected chi connectivity index (χ1v) is 7.89. The summed E-state index contributed by atoms with van der Waals surface area (Å²) in [5.74, 6) is 7.67. The Kier molecular flexibility index (Phi) is 3.08. The molecule has 118 valence electrons. The van der Waals surface area contributed by atoms with Gasteiger partial charge in [-0.25, -0.2) is 4.68 Å². The molecule has 3 aromatic rings. The first-order valence-electron chi connectivity index (χ1n) is 7.48. The Morgan fingerprint density at radius 1 is 1.26 bits per heavy atom. The van der Waals surface area contributed by atoms with Crippen molar-refractivity contribution in [3.05, 3.63) is 46.3 Å². The first-order chi connectivity index (χ1) is 11.0. The number of hydrogen-bond donors (Lipinski definition) is 1. The van der Waals surface area contributed by atoms with Crippen molar-refractivity contribution in [1.29, 1.82) is 0 Å². The number of hydrogen-bond acceptors (Lipinski definition) is 5. The maximum atomic E-state index is 6.19. The SMILES string of the molecule is CC1(C)Cc2oc3nc(-c4ccccc4)n(N)c(=S)c3c2CO1. The number of furan rings is 1. The molecule has 0 saturated heterocycles. The summed E-state index contributed by atoms with van der Waals surface area (Å²) < 4.78 is 13.8. The van der Waals surface area contributed by atoms with Gasteiger partial charge in [0.2, 0.25) is 5.71 Å². The minimum absolute atomic E-state index is 0.247. The number of ether oxygens (including phenoxy) is 1. The van der Waals surface area contributed by atoms with Gasteiger partial charge >= 0.3 is 0 Å². The number of aromatic nitrogens is 2. The van der Waals surface area contributed by atoms with Gasteiger partial charge in [-0.1, -0.05) is 42.5 Å². The van der Waals surface area contributed by atoms with E-state index >= 15 is 0 Å². The van der Waals surface area contributed by atoms with Crippen molar-refractivity contribution in [2.45, 2.75) is 32.5 Å². The average molecular weight is 327 g/mol. The smallest absolute Gasteiger partial charge is 0.231 e. The molecule has 0 fully saturated rings. The zero-order valence-corrected chi connectivity index (χ0v) is 13.8. The van der Waals surface area contributed by atoms with Crippen molar-refractivity contribution in [2.24, 2.45) is 0 Å². The Morgan fingerprint density at radius 3 is 2.74 bits per heavy atom.